The summed E-state index contributed by atoms with van der Waals surface area (Å²) in [6.07, 6.45) is 1.72. The van der Waals surface area contributed by atoms with E-state index in [1.54, 1.807) is 24.3 Å². The second-order valence-electron chi connectivity index (χ2n) is 8.66. The van der Waals surface area contributed by atoms with Gasteiger partial charge in [-0.15, -0.1) is 0 Å². The second-order valence-corrected chi connectivity index (χ2v) is 9.10. The van der Waals surface area contributed by atoms with Crippen LogP contribution < -0.4 is 10.2 Å². The summed E-state index contributed by atoms with van der Waals surface area (Å²) in [5.41, 5.74) is 1.97. The minimum absolute atomic E-state index is 0.110. The van der Waals surface area contributed by atoms with Crippen LogP contribution in [0.2, 0.25) is 5.02 Å². The van der Waals surface area contributed by atoms with Crippen molar-refractivity contribution in [1.29, 1.82) is 0 Å². The molecule has 3 saturated heterocycles. The van der Waals surface area contributed by atoms with Gasteiger partial charge in [0.25, 0.3) is 0 Å². The first-order valence-electron chi connectivity index (χ1n) is 10.3. The zero-order valence-corrected chi connectivity index (χ0v) is 17.1. The van der Waals surface area contributed by atoms with E-state index in [1.807, 2.05) is 25.1 Å². The molecule has 4 atom stereocenters. The highest BCUT2D eigenvalue weighted by molar-refractivity contribution is 6.31. The first-order chi connectivity index (χ1) is 14.4. The molecule has 2 aromatic carbocycles. The van der Waals surface area contributed by atoms with Crippen LogP contribution in [0.15, 0.2) is 42.5 Å². The molecule has 0 aliphatic carbocycles. The number of nitrogens with zero attached hydrogens (tertiary/aromatic N) is 2. The van der Waals surface area contributed by atoms with Crippen molar-refractivity contribution in [2.24, 2.45) is 11.8 Å². The van der Waals surface area contributed by atoms with Gasteiger partial charge in [0.15, 0.2) is 0 Å². The van der Waals surface area contributed by atoms with E-state index in [2.05, 4.69) is 10.2 Å². The average molecular weight is 422 g/mol. The number of hydrogen-bond acceptors (Lipinski definition) is 4. The summed E-state index contributed by atoms with van der Waals surface area (Å²) in [7, 11) is 0. The van der Waals surface area contributed by atoms with E-state index in [1.165, 1.54) is 4.90 Å². The van der Waals surface area contributed by atoms with Crippen molar-refractivity contribution in [3.05, 3.63) is 58.6 Å². The third kappa shape index (κ3) is 2.01. The van der Waals surface area contributed by atoms with Crippen molar-refractivity contribution in [3.63, 3.8) is 0 Å². The minimum Gasteiger partial charge on any atom is -0.324 e. The van der Waals surface area contributed by atoms with Crippen molar-refractivity contribution in [2.75, 3.05) is 16.8 Å². The van der Waals surface area contributed by atoms with Crippen LogP contribution in [0, 0.1) is 18.8 Å². The van der Waals surface area contributed by atoms with Crippen LogP contribution in [0.25, 0.3) is 0 Å². The maximum Gasteiger partial charge on any atom is 0.250 e. The predicted octanol–water partition coefficient (Wildman–Crippen LogP) is 3.08. The Bertz CT molecular complexity index is 1130. The fraction of sp³-hybridized carbons (Fsp3) is 0.348. The molecule has 0 saturated carbocycles. The van der Waals surface area contributed by atoms with Gasteiger partial charge in [-0.3, -0.25) is 19.3 Å². The molecule has 152 valence electrons. The number of carbonyl (C=O) groups is 3. The molecule has 1 spiro atoms. The third-order valence-corrected chi connectivity index (χ3v) is 7.48. The normalized spacial score (nSPS) is 32.0. The first-order valence-corrected chi connectivity index (χ1v) is 10.6. The number of carbonyl (C=O) groups excluding carboxylic acids is 3. The summed E-state index contributed by atoms with van der Waals surface area (Å²) in [4.78, 5) is 44.3. The van der Waals surface area contributed by atoms with Crippen LogP contribution in [0.3, 0.4) is 0 Å². The number of imide groups is 1. The molecule has 3 amide bonds. The van der Waals surface area contributed by atoms with Crippen LogP contribution in [0.5, 0.6) is 0 Å². The largest absolute Gasteiger partial charge is 0.324 e. The Labute approximate surface area is 178 Å². The fourth-order valence-corrected chi connectivity index (χ4v) is 6.29. The van der Waals surface area contributed by atoms with Gasteiger partial charge in [-0.05, 0) is 56.6 Å². The van der Waals surface area contributed by atoms with Gasteiger partial charge in [-0.25, -0.2) is 4.90 Å². The number of benzene rings is 2. The third-order valence-electron chi connectivity index (χ3n) is 7.23. The molecule has 7 heteroatoms. The fourth-order valence-electron chi connectivity index (χ4n) is 6.16. The molecule has 0 radical (unpaired) electrons. The zero-order chi connectivity index (χ0) is 20.8. The summed E-state index contributed by atoms with van der Waals surface area (Å²) in [5, 5.41) is 3.54. The number of amides is 3. The summed E-state index contributed by atoms with van der Waals surface area (Å²) >= 11 is 6.00. The van der Waals surface area contributed by atoms with Gasteiger partial charge in [0, 0.05) is 22.3 Å². The van der Waals surface area contributed by atoms with Gasteiger partial charge in [-0.2, -0.15) is 0 Å². The van der Waals surface area contributed by atoms with Crippen LogP contribution in [-0.4, -0.2) is 35.2 Å². The van der Waals surface area contributed by atoms with Crippen molar-refractivity contribution in [2.45, 2.75) is 31.3 Å². The highest BCUT2D eigenvalue weighted by atomic mass is 35.5. The number of aryl methyl sites for hydroxylation is 1. The highest BCUT2D eigenvalue weighted by Crippen LogP contribution is 2.60. The summed E-state index contributed by atoms with van der Waals surface area (Å²) < 4.78 is 0. The Morgan fingerprint density at radius 1 is 1.07 bits per heavy atom. The van der Waals surface area contributed by atoms with Gasteiger partial charge in [-0.1, -0.05) is 29.3 Å². The van der Waals surface area contributed by atoms with E-state index >= 15 is 0 Å². The number of halogens is 1. The number of hydrogen-bond donors (Lipinski definition) is 1. The van der Waals surface area contributed by atoms with Crippen LogP contribution in [-0.2, 0) is 19.9 Å². The molecule has 6 rings (SSSR count). The van der Waals surface area contributed by atoms with Crippen molar-refractivity contribution >= 4 is 40.7 Å². The second kappa shape index (κ2) is 5.93. The molecular formula is C23H20ClN3O3. The molecule has 4 heterocycles. The van der Waals surface area contributed by atoms with Gasteiger partial charge in [0.05, 0.1) is 17.5 Å². The van der Waals surface area contributed by atoms with Gasteiger partial charge in [0.2, 0.25) is 17.7 Å². The Kier molecular flexibility index (Phi) is 3.58. The lowest BCUT2D eigenvalue weighted by Crippen LogP contribution is -2.54. The highest BCUT2D eigenvalue weighted by Gasteiger charge is 2.74. The molecule has 1 N–H and O–H groups in total. The zero-order valence-electron chi connectivity index (χ0n) is 16.4. The molecule has 0 unspecified atom stereocenters. The topological polar surface area (TPSA) is 69.7 Å². The molecule has 2 aromatic rings. The lowest BCUT2D eigenvalue weighted by atomic mass is 9.75. The number of rotatable bonds is 1. The Balaban J connectivity index is 1.56. The minimum atomic E-state index is -1.12. The number of fused-ring (bicyclic) bond motifs is 7. The van der Waals surface area contributed by atoms with Crippen molar-refractivity contribution in [1.82, 2.24) is 4.90 Å². The maximum absolute atomic E-state index is 13.8. The van der Waals surface area contributed by atoms with Crippen molar-refractivity contribution < 1.29 is 14.4 Å². The summed E-state index contributed by atoms with van der Waals surface area (Å²) in [6, 6.07) is 12.4. The summed E-state index contributed by atoms with van der Waals surface area (Å²) in [5.74, 6) is -1.95. The average Bonchev–Trinajstić information content (AvgIpc) is 3.42. The van der Waals surface area contributed by atoms with Crippen LogP contribution in [0.4, 0.5) is 11.4 Å². The van der Waals surface area contributed by atoms with E-state index in [0.717, 1.165) is 29.7 Å². The van der Waals surface area contributed by atoms with Crippen LogP contribution >= 0.6 is 11.6 Å². The number of nitrogens with one attached hydrogen (secondary N) is 1. The number of anilines is 2. The molecule has 6 nitrogen and oxygen atoms in total. The lowest BCUT2D eigenvalue weighted by molar-refractivity contribution is -0.135. The smallest absolute Gasteiger partial charge is 0.250 e. The standard InChI is InChI=1S/C23H20ClN3O3/c1-12-4-9-16-15(11-12)23(22(30)25-16)19-18(17-3-2-10-26(17)23)20(28)27(21(19)29)14-7-5-13(24)6-8-14/h4-9,11,17-19H,2-3,10H2,1H3,(H,25,30)/t17-,18-,19+,23-/m1/s1. The van der Waals surface area contributed by atoms with E-state index in [4.69, 9.17) is 11.6 Å². The van der Waals surface area contributed by atoms with Gasteiger partial charge < -0.3 is 5.32 Å². The summed E-state index contributed by atoms with van der Waals surface area (Å²) in [6.45, 7) is 2.69. The Hall–Kier alpha value is -2.70. The molecule has 30 heavy (non-hydrogen) atoms. The van der Waals surface area contributed by atoms with Gasteiger partial charge >= 0.3 is 0 Å². The van der Waals surface area contributed by atoms with E-state index < -0.39 is 17.4 Å². The van der Waals surface area contributed by atoms with E-state index in [-0.39, 0.29) is 23.8 Å². The van der Waals surface area contributed by atoms with Gasteiger partial charge in [0.1, 0.15) is 5.54 Å². The molecule has 0 bridgehead atoms. The molecule has 4 aliphatic rings. The quantitative estimate of drug-likeness (QED) is 0.718. The monoisotopic (exact) mass is 421 g/mol. The van der Waals surface area contributed by atoms with E-state index in [0.29, 0.717) is 17.3 Å². The predicted molar refractivity (Wildman–Crippen MR) is 112 cm³/mol. The SMILES string of the molecule is Cc1ccc2c(c1)[C@]1(C(=O)N2)[C@@H]2C(=O)N(c3ccc(Cl)cc3)C(=O)[C@@H]2[C@H]2CCCN21. The lowest BCUT2D eigenvalue weighted by Gasteiger charge is -2.36. The molecular weight excluding hydrogens is 402 g/mol. The van der Waals surface area contributed by atoms with Crippen molar-refractivity contribution in [3.8, 4) is 0 Å². The van der Waals surface area contributed by atoms with Crippen LogP contribution in [0.1, 0.15) is 24.0 Å². The molecule has 0 aromatic heterocycles. The first kappa shape index (κ1) is 18.1. The van der Waals surface area contributed by atoms with E-state index in [9.17, 15) is 14.4 Å². The molecule has 4 aliphatic heterocycles. The Morgan fingerprint density at radius 3 is 2.60 bits per heavy atom. The molecule has 3 fully saturated rings. The maximum atomic E-state index is 13.8. The Morgan fingerprint density at radius 2 is 1.83 bits per heavy atom.